The zero-order valence-electron chi connectivity index (χ0n) is 7.86. The Morgan fingerprint density at radius 3 is 2.75 bits per heavy atom. The topological polar surface area (TPSA) is 32.8 Å². The lowest BCUT2D eigenvalue weighted by atomic mass is 10.1. The molecule has 1 fully saturated rings. The molecular weight excluding hydrogens is 152 g/mol. The van der Waals surface area contributed by atoms with Crippen molar-refractivity contribution >= 4 is 0 Å². The molecule has 1 heterocycles. The van der Waals surface area contributed by atoms with Gasteiger partial charge in [0.25, 0.3) is 0 Å². The van der Waals surface area contributed by atoms with E-state index in [-0.39, 0.29) is 12.2 Å². The Hall–Kier alpha value is -0.340. The van der Waals surface area contributed by atoms with E-state index in [4.69, 9.17) is 4.74 Å². The molecule has 12 heavy (non-hydrogen) atoms. The monoisotopic (exact) mass is 170 g/mol. The fourth-order valence-electron chi connectivity index (χ4n) is 1.23. The first-order valence-electron chi connectivity index (χ1n) is 4.76. The molecule has 0 radical (unpaired) electrons. The molecule has 2 heteroatoms. The van der Waals surface area contributed by atoms with E-state index in [9.17, 15) is 5.11 Å². The Balaban J connectivity index is 2.08. The molecule has 0 amide bonds. The van der Waals surface area contributed by atoms with Crippen LogP contribution in [0.2, 0.25) is 0 Å². The van der Waals surface area contributed by atoms with E-state index in [0.29, 0.717) is 0 Å². The Bertz CT molecular complexity index is 154. The van der Waals surface area contributed by atoms with Gasteiger partial charge in [-0.2, -0.15) is 0 Å². The number of ether oxygens (including phenoxy) is 1. The first kappa shape index (κ1) is 9.75. The number of rotatable bonds is 5. The largest absolute Gasteiger partial charge is 0.386 e. The summed E-state index contributed by atoms with van der Waals surface area (Å²) < 4.78 is 5.13. The van der Waals surface area contributed by atoms with Crippen LogP contribution in [0, 0.1) is 0 Å². The lowest BCUT2D eigenvalue weighted by molar-refractivity contribution is 0.177. The van der Waals surface area contributed by atoms with E-state index < -0.39 is 6.10 Å². The average Bonchev–Trinajstić information content (AvgIpc) is 2.76. The molecular formula is C10H18O2. The second kappa shape index (κ2) is 4.63. The van der Waals surface area contributed by atoms with E-state index in [0.717, 1.165) is 6.42 Å². The van der Waals surface area contributed by atoms with Gasteiger partial charge < -0.3 is 9.84 Å². The van der Waals surface area contributed by atoms with Gasteiger partial charge in [0.15, 0.2) is 0 Å². The SMILES string of the molecule is CCCC/C=C/[C@H](O)[C@@H]1O[C@H]1C. The molecule has 0 aliphatic carbocycles. The number of hydrogen-bond donors (Lipinski definition) is 1. The van der Waals surface area contributed by atoms with Crippen LogP contribution >= 0.6 is 0 Å². The average molecular weight is 170 g/mol. The molecule has 1 aliphatic rings. The summed E-state index contributed by atoms with van der Waals surface area (Å²) in [5.41, 5.74) is 0. The van der Waals surface area contributed by atoms with Crippen molar-refractivity contribution in [3.8, 4) is 0 Å². The smallest absolute Gasteiger partial charge is 0.113 e. The van der Waals surface area contributed by atoms with Crippen molar-refractivity contribution in [2.75, 3.05) is 0 Å². The molecule has 2 nitrogen and oxygen atoms in total. The van der Waals surface area contributed by atoms with Crippen molar-refractivity contribution in [2.24, 2.45) is 0 Å². The molecule has 0 aromatic rings. The maximum atomic E-state index is 9.45. The Labute approximate surface area is 74.2 Å². The minimum atomic E-state index is -0.392. The van der Waals surface area contributed by atoms with E-state index in [1.807, 2.05) is 19.1 Å². The molecule has 3 atom stereocenters. The van der Waals surface area contributed by atoms with Crippen molar-refractivity contribution in [1.29, 1.82) is 0 Å². The summed E-state index contributed by atoms with van der Waals surface area (Å²) in [5, 5.41) is 9.45. The summed E-state index contributed by atoms with van der Waals surface area (Å²) in [6.45, 7) is 4.14. The molecule has 0 aromatic carbocycles. The molecule has 0 unspecified atom stereocenters. The Morgan fingerprint density at radius 1 is 1.58 bits per heavy atom. The fourth-order valence-corrected chi connectivity index (χ4v) is 1.23. The van der Waals surface area contributed by atoms with Crippen LogP contribution in [0.15, 0.2) is 12.2 Å². The highest BCUT2D eigenvalue weighted by atomic mass is 16.6. The van der Waals surface area contributed by atoms with Crippen molar-refractivity contribution in [3.05, 3.63) is 12.2 Å². The summed E-state index contributed by atoms with van der Waals surface area (Å²) in [5.74, 6) is 0. The van der Waals surface area contributed by atoms with Crippen molar-refractivity contribution in [2.45, 2.75) is 51.4 Å². The molecule has 1 N–H and O–H groups in total. The van der Waals surface area contributed by atoms with Gasteiger partial charge in [-0.05, 0) is 13.3 Å². The van der Waals surface area contributed by atoms with Gasteiger partial charge in [-0.3, -0.25) is 0 Å². The number of epoxide rings is 1. The standard InChI is InChI=1S/C10H18O2/c1-3-4-5-6-7-9(11)10-8(2)12-10/h6-11H,3-5H2,1-2H3/b7-6+/t8-,9-,10+/m0/s1. The van der Waals surface area contributed by atoms with Crippen LogP contribution in [-0.2, 0) is 4.74 Å². The van der Waals surface area contributed by atoms with Gasteiger partial charge in [-0.1, -0.05) is 31.9 Å². The lowest BCUT2D eigenvalue weighted by Gasteiger charge is -1.98. The van der Waals surface area contributed by atoms with Gasteiger partial charge in [-0.25, -0.2) is 0 Å². The molecule has 0 spiro atoms. The third-order valence-electron chi connectivity index (χ3n) is 2.15. The molecule has 0 saturated carbocycles. The van der Waals surface area contributed by atoms with Crippen LogP contribution < -0.4 is 0 Å². The maximum absolute atomic E-state index is 9.45. The van der Waals surface area contributed by atoms with Crippen LogP contribution in [0.5, 0.6) is 0 Å². The first-order chi connectivity index (χ1) is 5.75. The zero-order chi connectivity index (χ0) is 8.97. The normalized spacial score (nSPS) is 30.9. The lowest BCUT2D eigenvalue weighted by Crippen LogP contribution is -2.12. The van der Waals surface area contributed by atoms with E-state index in [2.05, 4.69) is 6.92 Å². The predicted octanol–water partition coefficient (Wildman–Crippen LogP) is 1.88. The second-order valence-corrected chi connectivity index (χ2v) is 3.37. The zero-order valence-corrected chi connectivity index (χ0v) is 7.86. The van der Waals surface area contributed by atoms with Crippen LogP contribution in [0.25, 0.3) is 0 Å². The molecule has 0 aromatic heterocycles. The molecule has 1 rings (SSSR count). The van der Waals surface area contributed by atoms with Crippen LogP contribution in [0.1, 0.15) is 33.1 Å². The summed E-state index contributed by atoms with van der Waals surface area (Å²) in [6, 6.07) is 0. The highest BCUT2D eigenvalue weighted by Crippen LogP contribution is 2.25. The van der Waals surface area contributed by atoms with Crippen LogP contribution in [0.4, 0.5) is 0 Å². The number of hydrogen-bond acceptors (Lipinski definition) is 2. The highest BCUT2D eigenvalue weighted by molar-refractivity contribution is 5.00. The van der Waals surface area contributed by atoms with Crippen molar-refractivity contribution < 1.29 is 9.84 Å². The van der Waals surface area contributed by atoms with Gasteiger partial charge >= 0.3 is 0 Å². The van der Waals surface area contributed by atoms with Crippen LogP contribution in [0.3, 0.4) is 0 Å². The molecule has 1 aliphatic heterocycles. The maximum Gasteiger partial charge on any atom is 0.113 e. The number of aliphatic hydroxyl groups is 1. The Morgan fingerprint density at radius 2 is 2.25 bits per heavy atom. The second-order valence-electron chi connectivity index (χ2n) is 3.37. The quantitative estimate of drug-likeness (QED) is 0.388. The summed E-state index contributed by atoms with van der Waals surface area (Å²) >= 11 is 0. The van der Waals surface area contributed by atoms with Crippen molar-refractivity contribution in [3.63, 3.8) is 0 Å². The van der Waals surface area contributed by atoms with Crippen LogP contribution in [-0.4, -0.2) is 23.4 Å². The number of unbranched alkanes of at least 4 members (excludes halogenated alkanes) is 2. The first-order valence-corrected chi connectivity index (χ1v) is 4.76. The van der Waals surface area contributed by atoms with Gasteiger partial charge in [0.05, 0.1) is 6.10 Å². The number of allylic oxidation sites excluding steroid dienone is 1. The fraction of sp³-hybridized carbons (Fsp3) is 0.800. The summed E-state index contributed by atoms with van der Waals surface area (Å²) in [7, 11) is 0. The van der Waals surface area contributed by atoms with Gasteiger partial charge in [0.1, 0.15) is 12.2 Å². The molecule has 0 bridgehead atoms. The van der Waals surface area contributed by atoms with E-state index >= 15 is 0 Å². The van der Waals surface area contributed by atoms with Gasteiger partial charge in [0, 0.05) is 0 Å². The van der Waals surface area contributed by atoms with Crippen molar-refractivity contribution in [1.82, 2.24) is 0 Å². The van der Waals surface area contributed by atoms with E-state index in [1.165, 1.54) is 12.8 Å². The summed E-state index contributed by atoms with van der Waals surface area (Å²) in [4.78, 5) is 0. The predicted molar refractivity (Wildman–Crippen MR) is 49.0 cm³/mol. The Kier molecular flexibility index (Phi) is 3.76. The third kappa shape index (κ3) is 2.95. The highest BCUT2D eigenvalue weighted by Gasteiger charge is 2.39. The minimum absolute atomic E-state index is 0.0582. The number of aliphatic hydroxyl groups excluding tert-OH is 1. The minimum Gasteiger partial charge on any atom is -0.386 e. The van der Waals surface area contributed by atoms with E-state index in [1.54, 1.807) is 0 Å². The summed E-state index contributed by atoms with van der Waals surface area (Å²) in [6.07, 6.45) is 7.28. The third-order valence-corrected chi connectivity index (χ3v) is 2.15. The van der Waals surface area contributed by atoms with Gasteiger partial charge in [-0.15, -0.1) is 0 Å². The molecule has 1 saturated heterocycles. The van der Waals surface area contributed by atoms with Gasteiger partial charge in [0.2, 0.25) is 0 Å². The molecule has 70 valence electrons.